The Bertz CT molecular complexity index is 885. The number of carbonyl (C=O) groups is 1. The predicted octanol–water partition coefficient (Wildman–Crippen LogP) is 3.41. The normalized spacial score (nSPS) is 16.9. The molecule has 4 rings (SSSR count). The number of aromatic nitrogens is 3. The van der Waals surface area contributed by atoms with Gasteiger partial charge >= 0.3 is 0 Å². The molecule has 29 heavy (non-hydrogen) atoms. The van der Waals surface area contributed by atoms with Gasteiger partial charge in [-0.2, -0.15) is 0 Å². The average Bonchev–Trinajstić information content (AvgIpc) is 3.25. The summed E-state index contributed by atoms with van der Waals surface area (Å²) in [4.78, 5) is 14.9. The molecule has 0 saturated carbocycles. The third kappa shape index (κ3) is 4.38. The van der Waals surface area contributed by atoms with E-state index >= 15 is 0 Å². The first-order chi connectivity index (χ1) is 14.3. The van der Waals surface area contributed by atoms with Crippen LogP contribution in [0.15, 0.2) is 66.9 Å². The van der Waals surface area contributed by atoms with Crippen LogP contribution in [-0.4, -0.2) is 52.6 Å². The van der Waals surface area contributed by atoms with Crippen molar-refractivity contribution in [1.82, 2.24) is 19.9 Å². The molecule has 0 aliphatic carbocycles. The Morgan fingerprint density at radius 1 is 1.10 bits per heavy atom. The molecule has 150 valence electrons. The van der Waals surface area contributed by atoms with Gasteiger partial charge in [-0.3, -0.25) is 4.79 Å². The Morgan fingerprint density at radius 3 is 2.38 bits per heavy atom. The number of likely N-dealkylation sites (tertiary alicyclic amines) is 1. The SMILES string of the molecule is COC[C@@H]1CCCN(C(=O)c2cn(C(c3ccccc3)c3ccccc3)nn2)C1. The van der Waals surface area contributed by atoms with Crippen LogP contribution >= 0.6 is 0 Å². The van der Waals surface area contributed by atoms with Crippen molar-refractivity contribution in [2.75, 3.05) is 26.8 Å². The van der Waals surface area contributed by atoms with Gasteiger partial charge in [0.2, 0.25) is 0 Å². The lowest BCUT2D eigenvalue weighted by Crippen LogP contribution is -2.41. The molecule has 1 aliphatic rings. The van der Waals surface area contributed by atoms with Crippen molar-refractivity contribution in [1.29, 1.82) is 0 Å². The smallest absolute Gasteiger partial charge is 0.276 e. The Hall–Kier alpha value is -2.99. The molecule has 2 aromatic carbocycles. The maximum atomic E-state index is 13.0. The first-order valence-electron chi connectivity index (χ1n) is 10.1. The van der Waals surface area contributed by atoms with Crippen molar-refractivity contribution in [2.24, 2.45) is 5.92 Å². The van der Waals surface area contributed by atoms with Gasteiger partial charge in [-0.1, -0.05) is 65.9 Å². The molecular weight excluding hydrogens is 364 g/mol. The molecule has 0 unspecified atom stereocenters. The molecule has 1 atom stereocenters. The summed E-state index contributed by atoms with van der Waals surface area (Å²) in [5.74, 6) is 0.325. The fraction of sp³-hybridized carbons (Fsp3) is 0.348. The minimum atomic E-state index is -0.131. The van der Waals surface area contributed by atoms with Gasteiger partial charge in [0.15, 0.2) is 5.69 Å². The largest absolute Gasteiger partial charge is 0.384 e. The fourth-order valence-electron chi connectivity index (χ4n) is 4.05. The molecule has 3 aromatic rings. The maximum Gasteiger partial charge on any atom is 0.276 e. The molecule has 0 N–H and O–H groups in total. The van der Waals surface area contributed by atoms with Crippen molar-refractivity contribution in [3.05, 3.63) is 83.7 Å². The second-order valence-corrected chi connectivity index (χ2v) is 7.52. The molecule has 1 saturated heterocycles. The van der Waals surface area contributed by atoms with Crippen LogP contribution in [0.5, 0.6) is 0 Å². The van der Waals surface area contributed by atoms with Crippen LogP contribution in [0, 0.1) is 5.92 Å². The van der Waals surface area contributed by atoms with E-state index in [9.17, 15) is 4.79 Å². The Morgan fingerprint density at radius 2 is 1.76 bits per heavy atom. The predicted molar refractivity (Wildman–Crippen MR) is 111 cm³/mol. The van der Waals surface area contributed by atoms with E-state index in [0.29, 0.717) is 24.8 Å². The number of hydrogen-bond acceptors (Lipinski definition) is 4. The second kappa shape index (κ2) is 9.01. The van der Waals surface area contributed by atoms with Crippen LogP contribution in [0.4, 0.5) is 0 Å². The minimum absolute atomic E-state index is 0.0584. The number of benzene rings is 2. The highest BCUT2D eigenvalue weighted by Crippen LogP contribution is 2.26. The lowest BCUT2D eigenvalue weighted by atomic mass is 9.98. The first kappa shape index (κ1) is 19.3. The van der Waals surface area contributed by atoms with Crippen LogP contribution in [0.2, 0.25) is 0 Å². The van der Waals surface area contributed by atoms with Gasteiger partial charge in [0.1, 0.15) is 6.04 Å². The Labute approximate surface area is 171 Å². The zero-order chi connectivity index (χ0) is 20.1. The molecule has 1 aliphatic heterocycles. The minimum Gasteiger partial charge on any atom is -0.384 e. The monoisotopic (exact) mass is 390 g/mol. The molecule has 0 radical (unpaired) electrons. The zero-order valence-corrected chi connectivity index (χ0v) is 16.6. The van der Waals surface area contributed by atoms with E-state index in [1.54, 1.807) is 18.0 Å². The van der Waals surface area contributed by atoms with Gasteiger partial charge in [0, 0.05) is 20.2 Å². The van der Waals surface area contributed by atoms with Crippen LogP contribution in [0.3, 0.4) is 0 Å². The number of ether oxygens (including phenoxy) is 1. The number of nitrogens with zero attached hydrogens (tertiary/aromatic N) is 4. The van der Waals surface area contributed by atoms with Crippen molar-refractivity contribution in [3.8, 4) is 0 Å². The Kier molecular flexibility index (Phi) is 6.00. The summed E-state index contributed by atoms with van der Waals surface area (Å²) in [5.41, 5.74) is 2.58. The molecular formula is C23H26N4O2. The number of rotatable bonds is 6. The standard InChI is InChI=1S/C23H26N4O2/c1-29-17-18-9-8-14-26(15-18)23(28)21-16-27(25-24-21)22(19-10-4-2-5-11-19)20-12-6-3-7-13-20/h2-7,10-13,16,18,22H,8-9,14-15,17H2,1H3/t18-/m1/s1. The van der Waals surface area contributed by atoms with Crippen LogP contribution in [0.1, 0.15) is 40.5 Å². The van der Waals surface area contributed by atoms with Crippen molar-refractivity contribution >= 4 is 5.91 Å². The first-order valence-corrected chi connectivity index (χ1v) is 10.1. The van der Waals surface area contributed by atoms with Crippen molar-refractivity contribution in [2.45, 2.75) is 18.9 Å². The summed E-state index contributed by atoms with van der Waals surface area (Å²) in [6, 6.07) is 20.2. The van der Waals surface area contributed by atoms with E-state index in [1.165, 1.54) is 0 Å². The van der Waals surface area contributed by atoms with Gasteiger partial charge < -0.3 is 9.64 Å². The highest BCUT2D eigenvalue weighted by atomic mass is 16.5. The van der Waals surface area contributed by atoms with E-state index in [1.807, 2.05) is 41.3 Å². The lowest BCUT2D eigenvalue weighted by molar-refractivity contribution is 0.0565. The van der Waals surface area contributed by atoms with Crippen LogP contribution in [0.25, 0.3) is 0 Å². The number of carbonyl (C=O) groups excluding carboxylic acids is 1. The second-order valence-electron chi connectivity index (χ2n) is 7.52. The number of piperidine rings is 1. The summed E-state index contributed by atoms with van der Waals surface area (Å²) in [5, 5.41) is 8.56. The summed E-state index contributed by atoms with van der Waals surface area (Å²) >= 11 is 0. The quantitative estimate of drug-likeness (QED) is 0.647. The maximum absolute atomic E-state index is 13.0. The number of amides is 1. The molecule has 0 bridgehead atoms. The van der Waals surface area contributed by atoms with Crippen LogP contribution < -0.4 is 0 Å². The Balaban J connectivity index is 1.60. The van der Waals surface area contributed by atoms with Crippen molar-refractivity contribution in [3.63, 3.8) is 0 Å². The molecule has 1 amide bonds. The van der Waals surface area contributed by atoms with E-state index < -0.39 is 0 Å². The average molecular weight is 390 g/mol. The molecule has 0 spiro atoms. The van der Waals surface area contributed by atoms with Gasteiger partial charge in [-0.25, -0.2) is 4.68 Å². The molecule has 2 heterocycles. The topological polar surface area (TPSA) is 60.2 Å². The van der Waals surface area contributed by atoms with Gasteiger partial charge in [0.25, 0.3) is 5.91 Å². The van der Waals surface area contributed by atoms with E-state index in [0.717, 1.165) is 30.5 Å². The van der Waals surface area contributed by atoms with Gasteiger partial charge in [-0.05, 0) is 29.9 Å². The van der Waals surface area contributed by atoms with Gasteiger partial charge in [0.05, 0.1) is 12.8 Å². The molecule has 1 fully saturated rings. The lowest BCUT2D eigenvalue weighted by Gasteiger charge is -2.31. The van der Waals surface area contributed by atoms with Crippen molar-refractivity contribution < 1.29 is 9.53 Å². The number of methoxy groups -OCH3 is 1. The highest BCUT2D eigenvalue weighted by molar-refractivity contribution is 5.92. The van der Waals surface area contributed by atoms with Crippen LogP contribution in [-0.2, 0) is 4.74 Å². The fourth-order valence-corrected chi connectivity index (χ4v) is 4.05. The van der Waals surface area contributed by atoms with E-state index in [2.05, 4.69) is 34.6 Å². The molecule has 6 nitrogen and oxygen atoms in total. The molecule has 1 aromatic heterocycles. The van der Waals surface area contributed by atoms with Gasteiger partial charge in [-0.15, -0.1) is 5.10 Å². The summed E-state index contributed by atoms with van der Waals surface area (Å²) < 4.78 is 7.06. The molecule has 6 heteroatoms. The summed E-state index contributed by atoms with van der Waals surface area (Å²) in [6.45, 7) is 2.15. The summed E-state index contributed by atoms with van der Waals surface area (Å²) in [7, 11) is 1.71. The highest BCUT2D eigenvalue weighted by Gasteiger charge is 2.27. The third-order valence-corrected chi connectivity index (χ3v) is 5.43. The number of hydrogen-bond donors (Lipinski definition) is 0. The summed E-state index contributed by atoms with van der Waals surface area (Å²) in [6.07, 6.45) is 3.85. The van der Waals surface area contributed by atoms with E-state index in [-0.39, 0.29) is 11.9 Å². The third-order valence-electron chi connectivity index (χ3n) is 5.43. The zero-order valence-electron chi connectivity index (χ0n) is 16.6. The van der Waals surface area contributed by atoms with E-state index in [4.69, 9.17) is 4.74 Å².